The molecule has 2 aromatic rings. The van der Waals surface area contributed by atoms with E-state index >= 15 is 0 Å². The highest BCUT2D eigenvalue weighted by atomic mass is 32.2. The van der Waals surface area contributed by atoms with Crippen LogP contribution in [0.3, 0.4) is 0 Å². The quantitative estimate of drug-likeness (QED) is 0.372. The number of para-hydroxylation sites is 1. The zero-order chi connectivity index (χ0) is 25.9. The Morgan fingerprint density at radius 1 is 0.886 bits per heavy atom. The van der Waals surface area contributed by atoms with E-state index in [9.17, 15) is 27.6 Å². The largest absolute Gasteiger partial charge is 0.463 e. The van der Waals surface area contributed by atoms with Crippen LogP contribution in [0.1, 0.15) is 27.7 Å². The third kappa shape index (κ3) is 6.13. The Bertz CT molecular complexity index is 1210. The summed E-state index contributed by atoms with van der Waals surface area (Å²) in [4.78, 5) is 51.2. The molecule has 1 aliphatic rings. The Labute approximate surface area is 204 Å². The molecule has 0 amide bonds. The number of carbonyl (C=O) groups excluding carboxylic acids is 4. The third-order valence-corrected chi connectivity index (χ3v) is 8.12. The smallest absolute Gasteiger partial charge is 0.303 e. The van der Waals surface area contributed by atoms with Gasteiger partial charge in [-0.05, 0) is 12.1 Å². The summed E-state index contributed by atoms with van der Waals surface area (Å²) in [5.41, 5.74) is -1.51. The molecule has 3 rings (SSSR count). The van der Waals surface area contributed by atoms with Gasteiger partial charge in [-0.3, -0.25) is 19.2 Å². The van der Waals surface area contributed by atoms with Crippen LogP contribution in [0.2, 0.25) is 0 Å². The van der Waals surface area contributed by atoms with Crippen LogP contribution in [0.5, 0.6) is 0 Å². The fraction of sp³-hybridized carbons (Fsp3) is 0.476. The van der Waals surface area contributed by atoms with Gasteiger partial charge in [0.15, 0.2) is 18.3 Å². The second kappa shape index (κ2) is 10.7. The molecule has 0 bridgehead atoms. The molecule has 1 aliphatic heterocycles. The van der Waals surface area contributed by atoms with Crippen molar-refractivity contribution in [3.63, 3.8) is 0 Å². The van der Waals surface area contributed by atoms with Crippen molar-refractivity contribution in [3.05, 3.63) is 24.3 Å². The van der Waals surface area contributed by atoms with Crippen LogP contribution in [-0.4, -0.2) is 73.7 Å². The zero-order valence-electron chi connectivity index (χ0n) is 19.2. The summed E-state index contributed by atoms with van der Waals surface area (Å²) in [6, 6.07) is 6.70. The molecule has 0 spiro atoms. The van der Waals surface area contributed by atoms with Gasteiger partial charge in [-0.1, -0.05) is 12.1 Å². The first-order valence-electron chi connectivity index (χ1n) is 10.3. The molecule has 1 fully saturated rings. The van der Waals surface area contributed by atoms with Crippen LogP contribution in [0.25, 0.3) is 10.2 Å². The number of benzene rings is 1. The number of rotatable bonds is 7. The summed E-state index contributed by atoms with van der Waals surface area (Å²) in [5.74, 6) is -3.31. The van der Waals surface area contributed by atoms with Crippen molar-refractivity contribution < 1.29 is 51.3 Å². The Hall–Kier alpha value is -3.10. The standard InChI is InChI=1S/C21H23NO11S2/c1-10(23)29-9-15-17(30-11(2)24)18(31-12(3)25)19(32-13(4)26)20(33-15)35(27,28)21-22-14-7-5-6-8-16(14)34-21/h5-8,15,17-20H,9H2,1-4H3/t15-,17+,18+,19-,20?/m1/s1. The number of thiazole rings is 1. The SMILES string of the molecule is CC(=O)OC[C@H]1OC(S(=O)(=O)c2nc3ccccc3s2)[C@H](OC(C)=O)[C@@H](OC(C)=O)[C@H]1OC(C)=O. The fourth-order valence-electron chi connectivity index (χ4n) is 3.51. The number of hydrogen-bond acceptors (Lipinski definition) is 13. The summed E-state index contributed by atoms with van der Waals surface area (Å²) in [5, 5.41) is 0. The van der Waals surface area contributed by atoms with Gasteiger partial charge in [0.05, 0.1) is 10.2 Å². The lowest BCUT2D eigenvalue weighted by Crippen LogP contribution is -2.64. The lowest BCUT2D eigenvalue weighted by Gasteiger charge is -2.43. The van der Waals surface area contributed by atoms with E-state index in [2.05, 4.69) is 4.98 Å². The van der Waals surface area contributed by atoms with Crippen molar-refractivity contribution in [2.24, 2.45) is 0 Å². The number of hydrogen-bond donors (Lipinski definition) is 0. The maximum absolute atomic E-state index is 13.7. The second-order valence-corrected chi connectivity index (χ2v) is 10.8. The van der Waals surface area contributed by atoms with E-state index in [1.165, 1.54) is 0 Å². The molecule has 0 saturated carbocycles. The molecule has 1 unspecified atom stereocenters. The molecule has 0 aliphatic carbocycles. The van der Waals surface area contributed by atoms with Crippen molar-refractivity contribution in [1.29, 1.82) is 0 Å². The normalized spacial score (nSPS) is 24.4. The fourth-order valence-corrected chi connectivity index (χ4v) is 6.50. The Kier molecular flexibility index (Phi) is 8.07. The van der Waals surface area contributed by atoms with Gasteiger partial charge < -0.3 is 23.7 Å². The number of nitrogens with zero attached hydrogens (tertiary/aromatic N) is 1. The first-order valence-corrected chi connectivity index (χ1v) is 12.7. The van der Waals surface area contributed by atoms with Crippen molar-refractivity contribution in [2.45, 2.75) is 61.9 Å². The highest BCUT2D eigenvalue weighted by Crippen LogP contribution is 2.36. The molecule has 0 N–H and O–H groups in total. The van der Waals surface area contributed by atoms with Crippen LogP contribution in [-0.2, 0) is 52.7 Å². The first kappa shape index (κ1) is 26.5. The molecular formula is C21H23NO11S2. The number of fused-ring (bicyclic) bond motifs is 1. The Balaban J connectivity index is 2.13. The van der Waals surface area contributed by atoms with Crippen LogP contribution < -0.4 is 0 Å². The van der Waals surface area contributed by atoms with E-state index in [4.69, 9.17) is 23.7 Å². The minimum absolute atomic E-state index is 0.334. The molecule has 5 atom stereocenters. The van der Waals surface area contributed by atoms with Gasteiger partial charge in [-0.15, -0.1) is 11.3 Å². The van der Waals surface area contributed by atoms with Gasteiger partial charge in [0, 0.05) is 27.7 Å². The van der Waals surface area contributed by atoms with Gasteiger partial charge >= 0.3 is 23.9 Å². The second-order valence-electron chi connectivity index (χ2n) is 7.56. The molecule has 1 aromatic heterocycles. The predicted octanol–water partition coefficient (Wildman–Crippen LogP) is 1.15. The molecule has 12 nitrogen and oxygen atoms in total. The summed E-state index contributed by atoms with van der Waals surface area (Å²) < 4.78 is 54.1. The molecule has 2 heterocycles. The summed E-state index contributed by atoms with van der Waals surface area (Å²) in [7, 11) is -4.48. The summed E-state index contributed by atoms with van der Waals surface area (Å²) in [6.07, 6.45) is -6.16. The number of sulfone groups is 1. The molecular weight excluding hydrogens is 506 g/mol. The number of carbonyl (C=O) groups is 4. The minimum atomic E-state index is -4.48. The summed E-state index contributed by atoms with van der Waals surface area (Å²) in [6.45, 7) is 3.72. The molecule has 190 valence electrons. The van der Waals surface area contributed by atoms with E-state index in [0.717, 1.165) is 39.0 Å². The molecule has 14 heteroatoms. The first-order chi connectivity index (χ1) is 16.4. The van der Waals surface area contributed by atoms with Crippen molar-refractivity contribution >= 4 is 55.3 Å². The number of aromatic nitrogens is 1. The van der Waals surface area contributed by atoms with E-state index < -0.39 is 70.2 Å². The minimum Gasteiger partial charge on any atom is -0.463 e. The maximum Gasteiger partial charge on any atom is 0.303 e. The summed E-state index contributed by atoms with van der Waals surface area (Å²) >= 11 is 0.867. The van der Waals surface area contributed by atoms with Crippen LogP contribution in [0, 0.1) is 0 Å². The van der Waals surface area contributed by atoms with Gasteiger partial charge in [0.2, 0.25) is 19.6 Å². The van der Waals surface area contributed by atoms with Gasteiger partial charge in [0.1, 0.15) is 12.7 Å². The molecule has 1 saturated heterocycles. The molecule has 0 radical (unpaired) electrons. The molecule has 1 aromatic carbocycles. The Morgan fingerprint density at radius 2 is 1.46 bits per heavy atom. The number of ether oxygens (including phenoxy) is 5. The van der Waals surface area contributed by atoms with Gasteiger partial charge in [-0.25, -0.2) is 13.4 Å². The Morgan fingerprint density at radius 3 is 2.03 bits per heavy atom. The van der Waals surface area contributed by atoms with E-state index in [0.29, 0.717) is 10.2 Å². The average Bonchev–Trinajstić information content (AvgIpc) is 3.19. The van der Waals surface area contributed by atoms with E-state index in [1.54, 1.807) is 24.3 Å². The van der Waals surface area contributed by atoms with E-state index in [-0.39, 0.29) is 4.34 Å². The third-order valence-electron chi connectivity index (χ3n) is 4.77. The van der Waals surface area contributed by atoms with E-state index in [1.807, 2.05) is 0 Å². The van der Waals surface area contributed by atoms with Crippen molar-refractivity contribution in [3.8, 4) is 0 Å². The lowest BCUT2D eigenvalue weighted by molar-refractivity contribution is -0.238. The molecule has 35 heavy (non-hydrogen) atoms. The predicted molar refractivity (Wildman–Crippen MR) is 119 cm³/mol. The van der Waals surface area contributed by atoms with Gasteiger partial charge in [0.25, 0.3) is 0 Å². The highest BCUT2D eigenvalue weighted by molar-refractivity contribution is 7.94. The van der Waals surface area contributed by atoms with Gasteiger partial charge in [-0.2, -0.15) is 0 Å². The monoisotopic (exact) mass is 529 g/mol. The maximum atomic E-state index is 13.7. The zero-order valence-corrected chi connectivity index (χ0v) is 20.8. The van der Waals surface area contributed by atoms with Crippen LogP contribution >= 0.6 is 11.3 Å². The van der Waals surface area contributed by atoms with Crippen molar-refractivity contribution in [2.75, 3.05) is 6.61 Å². The average molecular weight is 530 g/mol. The lowest BCUT2D eigenvalue weighted by atomic mass is 9.99. The highest BCUT2D eigenvalue weighted by Gasteiger charge is 2.57. The van der Waals surface area contributed by atoms with Crippen molar-refractivity contribution in [1.82, 2.24) is 4.98 Å². The van der Waals surface area contributed by atoms with Crippen LogP contribution in [0.4, 0.5) is 0 Å². The topological polar surface area (TPSA) is 161 Å². The number of esters is 4. The van der Waals surface area contributed by atoms with Crippen LogP contribution in [0.15, 0.2) is 28.6 Å².